The van der Waals surface area contributed by atoms with Crippen LogP contribution in [-0.2, 0) is 0 Å². The van der Waals surface area contributed by atoms with Crippen LogP contribution in [0.3, 0.4) is 0 Å². The molecule has 0 fully saturated rings. The zero-order valence-corrected chi connectivity index (χ0v) is 12.2. The second kappa shape index (κ2) is 5.57. The maximum Gasteiger partial charge on any atom is 0.144 e. The zero-order chi connectivity index (χ0) is 14.0. The molecule has 1 atom stereocenters. The number of rotatable bonds is 4. The number of fused-ring (bicyclic) bond motifs is 1. The van der Waals surface area contributed by atoms with Gasteiger partial charge in [0.2, 0.25) is 0 Å². The van der Waals surface area contributed by atoms with Crippen LogP contribution < -0.4 is 11.3 Å². The molecule has 0 amide bonds. The van der Waals surface area contributed by atoms with Gasteiger partial charge >= 0.3 is 0 Å². The SMILES string of the molecule is CCC(C)c1ccc2nc(NN)c(C(C)C)cc2c1. The first kappa shape index (κ1) is 13.8. The summed E-state index contributed by atoms with van der Waals surface area (Å²) < 4.78 is 0. The Bertz CT molecular complexity index is 575. The summed E-state index contributed by atoms with van der Waals surface area (Å²) in [5.41, 5.74) is 6.23. The molecule has 0 aliphatic heterocycles. The first-order chi connectivity index (χ1) is 9.06. The van der Waals surface area contributed by atoms with E-state index in [9.17, 15) is 0 Å². The van der Waals surface area contributed by atoms with E-state index in [1.807, 2.05) is 0 Å². The van der Waals surface area contributed by atoms with Crippen molar-refractivity contribution in [3.63, 3.8) is 0 Å². The van der Waals surface area contributed by atoms with Crippen molar-refractivity contribution in [2.24, 2.45) is 5.84 Å². The molecule has 3 N–H and O–H groups in total. The third-order valence-electron chi connectivity index (χ3n) is 3.81. The van der Waals surface area contributed by atoms with E-state index < -0.39 is 0 Å². The normalized spacial score (nSPS) is 12.9. The summed E-state index contributed by atoms with van der Waals surface area (Å²) >= 11 is 0. The zero-order valence-electron chi connectivity index (χ0n) is 12.2. The molecule has 2 aromatic rings. The number of anilines is 1. The Morgan fingerprint density at radius 1 is 1.21 bits per heavy atom. The van der Waals surface area contributed by atoms with Gasteiger partial charge in [-0.05, 0) is 47.6 Å². The van der Waals surface area contributed by atoms with Crippen LogP contribution in [0, 0.1) is 0 Å². The fourth-order valence-electron chi connectivity index (χ4n) is 2.31. The van der Waals surface area contributed by atoms with Crippen molar-refractivity contribution >= 4 is 16.7 Å². The molecule has 19 heavy (non-hydrogen) atoms. The van der Waals surface area contributed by atoms with Crippen LogP contribution in [-0.4, -0.2) is 4.98 Å². The summed E-state index contributed by atoms with van der Waals surface area (Å²) in [6, 6.07) is 8.71. The van der Waals surface area contributed by atoms with Gasteiger partial charge in [0.15, 0.2) is 0 Å². The first-order valence-corrected chi connectivity index (χ1v) is 6.98. The molecule has 0 saturated heterocycles. The van der Waals surface area contributed by atoms with Gasteiger partial charge in [0, 0.05) is 5.39 Å². The van der Waals surface area contributed by atoms with Gasteiger partial charge in [-0.3, -0.25) is 0 Å². The molecule has 0 spiro atoms. The van der Waals surface area contributed by atoms with Gasteiger partial charge in [0.1, 0.15) is 5.82 Å². The van der Waals surface area contributed by atoms with Crippen LogP contribution in [0.1, 0.15) is 57.1 Å². The predicted molar refractivity (Wildman–Crippen MR) is 82.3 cm³/mol. The van der Waals surface area contributed by atoms with E-state index in [1.165, 1.54) is 10.9 Å². The molecular formula is C16H23N3. The third-order valence-corrected chi connectivity index (χ3v) is 3.81. The molecule has 1 heterocycles. The number of hydrogen-bond acceptors (Lipinski definition) is 3. The highest BCUT2D eigenvalue weighted by Gasteiger charge is 2.11. The van der Waals surface area contributed by atoms with E-state index in [4.69, 9.17) is 5.84 Å². The summed E-state index contributed by atoms with van der Waals surface area (Å²) in [6.45, 7) is 8.78. The third kappa shape index (κ3) is 2.71. The number of hydrogen-bond donors (Lipinski definition) is 2. The van der Waals surface area contributed by atoms with Gasteiger partial charge in [-0.2, -0.15) is 0 Å². The molecule has 3 nitrogen and oxygen atoms in total. The molecule has 2 rings (SSSR count). The first-order valence-electron chi connectivity index (χ1n) is 6.98. The van der Waals surface area contributed by atoms with E-state index >= 15 is 0 Å². The Balaban J connectivity index is 2.59. The Morgan fingerprint density at radius 2 is 1.95 bits per heavy atom. The number of nitrogens with zero attached hydrogens (tertiary/aromatic N) is 1. The highest BCUT2D eigenvalue weighted by atomic mass is 15.2. The standard InChI is InChI=1S/C16H23N3/c1-5-11(4)12-6-7-15-13(8-12)9-14(10(2)3)16(18-15)19-17/h6-11H,5,17H2,1-4H3,(H,18,19). The van der Waals surface area contributed by atoms with Crippen molar-refractivity contribution in [2.45, 2.75) is 46.0 Å². The number of nitrogens with two attached hydrogens (primary N) is 1. The summed E-state index contributed by atoms with van der Waals surface area (Å²) in [5, 5.41) is 1.19. The van der Waals surface area contributed by atoms with E-state index in [0.29, 0.717) is 11.8 Å². The second-order valence-corrected chi connectivity index (χ2v) is 5.49. The maximum absolute atomic E-state index is 5.57. The van der Waals surface area contributed by atoms with Gasteiger partial charge in [-0.1, -0.05) is 33.8 Å². The highest BCUT2D eigenvalue weighted by molar-refractivity contribution is 5.82. The lowest BCUT2D eigenvalue weighted by Gasteiger charge is -2.14. The van der Waals surface area contributed by atoms with E-state index in [1.54, 1.807) is 0 Å². The van der Waals surface area contributed by atoms with Gasteiger partial charge < -0.3 is 5.43 Å². The van der Waals surface area contributed by atoms with Gasteiger partial charge in [0.25, 0.3) is 0 Å². The Kier molecular flexibility index (Phi) is 4.05. The molecule has 102 valence electrons. The van der Waals surface area contributed by atoms with Gasteiger partial charge in [0.05, 0.1) is 5.52 Å². The lowest BCUT2D eigenvalue weighted by molar-refractivity contribution is 0.734. The molecule has 0 aliphatic carbocycles. The maximum atomic E-state index is 5.57. The molecule has 1 aromatic carbocycles. The van der Waals surface area contributed by atoms with Gasteiger partial charge in [-0.15, -0.1) is 0 Å². The number of nitrogens with one attached hydrogen (secondary N) is 1. The minimum atomic E-state index is 0.398. The highest BCUT2D eigenvalue weighted by Crippen LogP contribution is 2.29. The van der Waals surface area contributed by atoms with Crippen molar-refractivity contribution < 1.29 is 0 Å². The average molecular weight is 257 g/mol. The molecular weight excluding hydrogens is 234 g/mol. The second-order valence-electron chi connectivity index (χ2n) is 5.49. The lowest BCUT2D eigenvalue weighted by atomic mass is 9.95. The van der Waals surface area contributed by atoms with Crippen molar-refractivity contribution in [3.8, 4) is 0 Å². The Labute approximate surface area is 115 Å². The van der Waals surface area contributed by atoms with Crippen LogP contribution in [0.4, 0.5) is 5.82 Å². The van der Waals surface area contributed by atoms with E-state index in [2.05, 4.69) is 62.4 Å². The fraction of sp³-hybridized carbons (Fsp3) is 0.438. The molecule has 3 heteroatoms. The number of benzene rings is 1. The Morgan fingerprint density at radius 3 is 2.53 bits per heavy atom. The quantitative estimate of drug-likeness (QED) is 0.639. The van der Waals surface area contributed by atoms with E-state index in [0.717, 1.165) is 23.3 Å². The number of nitrogen functional groups attached to an aromatic ring is 1. The minimum absolute atomic E-state index is 0.398. The number of aromatic nitrogens is 1. The molecule has 1 unspecified atom stereocenters. The number of pyridine rings is 1. The molecule has 1 aromatic heterocycles. The number of hydrazine groups is 1. The van der Waals surface area contributed by atoms with Crippen molar-refractivity contribution in [1.29, 1.82) is 0 Å². The van der Waals surface area contributed by atoms with Crippen LogP contribution in [0.25, 0.3) is 10.9 Å². The molecule has 0 radical (unpaired) electrons. The van der Waals surface area contributed by atoms with Crippen molar-refractivity contribution in [1.82, 2.24) is 4.98 Å². The predicted octanol–water partition coefficient (Wildman–Crippen LogP) is 4.16. The van der Waals surface area contributed by atoms with Crippen LogP contribution >= 0.6 is 0 Å². The largest absolute Gasteiger partial charge is 0.308 e. The van der Waals surface area contributed by atoms with Crippen molar-refractivity contribution in [3.05, 3.63) is 35.4 Å². The van der Waals surface area contributed by atoms with Crippen molar-refractivity contribution in [2.75, 3.05) is 5.43 Å². The monoisotopic (exact) mass is 257 g/mol. The minimum Gasteiger partial charge on any atom is -0.308 e. The summed E-state index contributed by atoms with van der Waals surface area (Å²) in [4.78, 5) is 4.61. The average Bonchev–Trinajstić information content (AvgIpc) is 2.44. The molecule has 0 saturated carbocycles. The fourth-order valence-corrected chi connectivity index (χ4v) is 2.31. The van der Waals surface area contributed by atoms with Gasteiger partial charge in [-0.25, -0.2) is 10.8 Å². The lowest BCUT2D eigenvalue weighted by Crippen LogP contribution is -2.12. The summed E-state index contributed by atoms with van der Waals surface area (Å²) in [7, 11) is 0. The van der Waals surface area contributed by atoms with Crippen LogP contribution in [0.5, 0.6) is 0 Å². The van der Waals surface area contributed by atoms with Crippen LogP contribution in [0.15, 0.2) is 24.3 Å². The van der Waals surface area contributed by atoms with Crippen LogP contribution in [0.2, 0.25) is 0 Å². The molecule has 0 aliphatic rings. The Hall–Kier alpha value is -1.61. The topological polar surface area (TPSA) is 50.9 Å². The van der Waals surface area contributed by atoms with E-state index in [-0.39, 0.29) is 0 Å². The summed E-state index contributed by atoms with van der Waals surface area (Å²) in [5.74, 6) is 7.32. The summed E-state index contributed by atoms with van der Waals surface area (Å²) in [6.07, 6.45) is 1.15. The smallest absolute Gasteiger partial charge is 0.144 e. The molecule has 0 bridgehead atoms.